The average Bonchev–Trinajstić information content (AvgIpc) is 3.20. The molecule has 0 bridgehead atoms. The Balaban J connectivity index is 1.62. The van der Waals surface area contributed by atoms with Crippen LogP contribution in [0.1, 0.15) is 45.2 Å². The summed E-state index contributed by atoms with van der Waals surface area (Å²) >= 11 is 0. The number of urea groups is 1. The van der Waals surface area contributed by atoms with Gasteiger partial charge >= 0.3 is 6.03 Å². The summed E-state index contributed by atoms with van der Waals surface area (Å²) in [6.07, 6.45) is 6.46. The summed E-state index contributed by atoms with van der Waals surface area (Å²) in [5.74, 6) is 1.24. The van der Waals surface area contributed by atoms with Gasteiger partial charge in [0.05, 0.1) is 17.6 Å². The molecule has 0 radical (unpaired) electrons. The maximum atomic E-state index is 12.3. The predicted molar refractivity (Wildman–Crippen MR) is 132 cm³/mol. The van der Waals surface area contributed by atoms with Crippen LogP contribution < -0.4 is 15.4 Å². The molecule has 1 saturated heterocycles. The van der Waals surface area contributed by atoms with Gasteiger partial charge in [-0.05, 0) is 64.3 Å². The van der Waals surface area contributed by atoms with Gasteiger partial charge in [-0.1, -0.05) is 6.07 Å². The third kappa shape index (κ3) is 5.47. The molecule has 34 heavy (non-hydrogen) atoms. The van der Waals surface area contributed by atoms with E-state index in [0.717, 1.165) is 59.9 Å². The van der Waals surface area contributed by atoms with Crippen molar-refractivity contribution in [2.45, 2.75) is 59.7 Å². The van der Waals surface area contributed by atoms with Crippen LogP contribution in [0, 0.1) is 6.92 Å². The lowest BCUT2D eigenvalue weighted by Crippen LogP contribution is -2.47. The van der Waals surface area contributed by atoms with E-state index in [1.54, 1.807) is 12.4 Å². The number of nitrogens with zero attached hydrogens (tertiary/aromatic N) is 5. The van der Waals surface area contributed by atoms with Crippen LogP contribution in [0.3, 0.4) is 0 Å². The van der Waals surface area contributed by atoms with E-state index in [0.29, 0.717) is 12.5 Å². The third-order valence-electron chi connectivity index (χ3n) is 5.64. The monoisotopic (exact) mass is 463 g/mol. The second kappa shape index (κ2) is 9.70. The van der Waals surface area contributed by atoms with Crippen molar-refractivity contribution in [1.29, 1.82) is 0 Å². The first-order valence-electron chi connectivity index (χ1n) is 11.7. The Bertz CT molecular complexity index is 1160. The molecule has 0 aliphatic carbocycles. The molecular weight excluding hydrogens is 430 g/mol. The van der Waals surface area contributed by atoms with Crippen LogP contribution in [0.4, 0.5) is 16.4 Å². The van der Waals surface area contributed by atoms with Gasteiger partial charge in [-0.2, -0.15) is 5.10 Å². The highest BCUT2D eigenvalue weighted by molar-refractivity contribution is 5.75. The minimum absolute atomic E-state index is 0.0223. The van der Waals surface area contributed by atoms with Crippen molar-refractivity contribution in [3.8, 4) is 17.0 Å². The highest BCUT2D eigenvalue weighted by Crippen LogP contribution is 2.36. The fourth-order valence-corrected chi connectivity index (χ4v) is 3.66. The van der Waals surface area contributed by atoms with Gasteiger partial charge in [0, 0.05) is 44.1 Å². The number of anilines is 2. The van der Waals surface area contributed by atoms with E-state index in [4.69, 9.17) is 9.72 Å². The molecule has 0 saturated carbocycles. The zero-order chi connectivity index (χ0) is 24.3. The Morgan fingerprint density at radius 3 is 2.65 bits per heavy atom. The third-order valence-corrected chi connectivity index (χ3v) is 5.64. The molecule has 1 aromatic carbocycles. The standard InChI is InChI=1S/C25H33N7O2/c1-6-32-16-19(15-28-32)29-23-26-11-10-21(30-23)20-9-8-18(14-27-24(33)31-12-7-13-31)17(2)22(20)34-25(3,4)5/h8-11,15-16H,6-7,12-14H2,1-5H3,(H,27,33)(H,26,29,30). The molecule has 2 amide bonds. The van der Waals surface area contributed by atoms with E-state index >= 15 is 0 Å². The summed E-state index contributed by atoms with van der Waals surface area (Å²) < 4.78 is 8.24. The van der Waals surface area contributed by atoms with Gasteiger partial charge in [0.25, 0.3) is 0 Å². The van der Waals surface area contributed by atoms with Gasteiger partial charge in [-0.25, -0.2) is 14.8 Å². The van der Waals surface area contributed by atoms with Crippen molar-refractivity contribution < 1.29 is 9.53 Å². The van der Waals surface area contributed by atoms with Gasteiger partial charge in [-0.15, -0.1) is 0 Å². The first kappa shape index (κ1) is 23.5. The molecule has 0 atom stereocenters. The lowest BCUT2D eigenvalue weighted by Gasteiger charge is -2.31. The van der Waals surface area contributed by atoms with E-state index in [9.17, 15) is 4.79 Å². The van der Waals surface area contributed by atoms with E-state index in [2.05, 4.69) is 20.7 Å². The lowest BCUT2D eigenvalue weighted by molar-refractivity contribution is 0.130. The van der Waals surface area contributed by atoms with E-state index in [1.165, 1.54) is 0 Å². The molecule has 4 rings (SSSR count). The molecule has 0 spiro atoms. The Kier molecular flexibility index (Phi) is 6.72. The smallest absolute Gasteiger partial charge is 0.317 e. The molecular formula is C25H33N7O2. The van der Waals surface area contributed by atoms with Crippen LogP contribution in [-0.4, -0.2) is 49.4 Å². The molecule has 2 N–H and O–H groups in total. The summed E-state index contributed by atoms with van der Waals surface area (Å²) in [5, 5.41) is 10.5. The summed E-state index contributed by atoms with van der Waals surface area (Å²) in [4.78, 5) is 23.2. The molecule has 9 heteroatoms. The number of hydrogen-bond acceptors (Lipinski definition) is 6. The molecule has 2 aromatic heterocycles. The zero-order valence-electron chi connectivity index (χ0n) is 20.6. The minimum atomic E-state index is -0.401. The topological polar surface area (TPSA) is 97.2 Å². The number of amides is 2. The van der Waals surface area contributed by atoms with Crippen molar-refractivity contribution in [3.63, 3.8) is 0 Å². The van der Waals surface area contributed by atoms with E-state index < -0.39 is 5.60 Å². The number of likely N-dealkylation sites (tertiary alicyclic amines) is 1. The largest absolute Gasteiger partial charge is 0.487 e. The molecule has 9 nitrogen and oxygen atoms in total. The fraction of sp³-hybridized carbons (Fsp3) is 0.440. The summed E-state index contributed by atoms with van der Waals surface area (Å²) in [6, 6.07) is 5.87. The molecule has 180 valence electrons. The predicted octanol–water partition coefficient (Wildman–Crippen LogP) is 4.50. The first-order valence-corrected chi connectivity index (χ1v) is 11.7. The normalized spacial score (nSPS) is 13.4. The number of benzene rings is 1. The second-order valence-corrected chi connectivity index (χ2v) is 9.42. The van der Waals surface area contributed by atoms with E-state index in [1.807, 2.05) is 68.6 Å². The van der Waals surface area contributed by atoms with Gasteiger partial charge in [0.1, 0.15) is 11.4 Å². The maximum absolute atomic E-state index is 12.3. The zero-order valence-corrected chi connectivity index (χ0v) is 20.6. The van der Waals surface area contributed by atoms with Crippen LogP contribution in [0.25, 0.3) is 11.3 Å². The number of hydrogen-bond donors (Lipinski definition) is 2. The van der Waals surface area contributed by atoms with Gasteiger partial charge < -0.3 is 20.3 Å². The SMILES string of the molecule is CCn1cc(Nc2nccc(-c3ccc(CNC(=O)N4CCC4)c(C)c3OC(C)(C)C)n2)cn1. The van der Waals surface area contributed by atoms with Crippen LogP contribution in [0.2, 0.25) is 0 Å². The van der Waals surface area contributed by atoms with Crippen LogP contribution in [0.5, 0.6) is 5.75 Å². The number of nitrogens with one attached hydrogen (secondary N) is 2. The van der Waals surface area contributed by atoms with Crippen LogP contribution in [-0.2, 0) is 13.1 Å². The Morgan fingerprint density at radius 1 is 1.21 bits per heavy atom. The van der Waals surface area contributed by atoms with Crippen molar-refractivity contribution >= 4 is 17.7 Å². The number of carbonyl (C=O) groups is 1. The number of aromatic nitrogens is 4. The molecule has 1 aliphatic heterocycles. The van der Waals surface area contributed by atoms with Crippen molar-refractivity contribution in [1.82, 2.24) is 30.0 Å². The van der Waals surface area contributed by atoms with Crippen molar-refractivity contribution in [2.75, 3.05) is 18.4 Å². The van der Waals surface area contributed by atoms with Crippen LogP contribution in [0.15, 0.2) is 36.8 Å². The van der Waals surface area contributed by atoms with Gasteiger partial charge in [0.2, 0.25) is 5.95 Å². The second-order valence-electron chi connectivity index (χ2n) is 9.42. The number of carbonyl (C=O) groups excluding carboxylic acids is 1. The molecule has 1 aliphatic rings. The summed E-state index contributed by atoms with van der Waals surface area (Å²) in [5.41, 5.74) is 4.04. The number of rotatable bonds is 7. The van der Waals surface area contributed by atoms with Gasteiger partial charge in [0.15, 0.2) is 0 Å². The van der Waals surface area contributed by atoms with Gasteiger partial charge in [-0.3, -0.25) is 4.68 Å². The lowest BCUT2D eigenvalue weighted by atomic mass is 10.00. The Morgan fingerprint density at radius 2 is 2.00 bits per heavy atom. The van der Waals surface area contributed by atoms with Crippen molar-refractivity contribution in [3.05, 3.63) is 47.9 Å². The van der Waals surface area contributed by atoms with Crippen molar-refractivity contribution in [2.24, 2.45) is 0 Å². The quantitative estimate of drug-likeness (QED) is 0.535. The Labute approximate surface area is 200 Å². The Hall–Kier alpha value is -3.62. The highest BCUT2D eigenvalue weighted by atomic mass is 16.5. The number of aryl methyl sites for hydroxylation is 1. The highest BCUT2D eigenvalue weighted by Gasteiger charge is 2.22. The summed E-state index contributed by atoms with van der Waals surface area (Å²) in [6.45, 7) is 13.0. The number of ether oxygens (including phenoxy) is 1. The van der Waals surface area contributed by atoms with Crippen LogP contribution >= 0.6 is 0 Å². The molecule has 1 fully saturated rings. The maximum Gasteiger partial charge on any atom is 0.317 e. The average molecular weight is 464 g/mol. The molecule has 3 aromatic rings. The first-order chi connectivity index (χ1) is 16.2. The summed E-state index contributed by atoms with van der Waals surface area (Å²) in [7, 11) is 0. The molecule has 0 unspecified atom stereocenters. The molecule has 3 heterocycles. The van der Waals surface area contributed by atoms with E-state index in [-0.39, 0.29) is 6.03 Å². The minimum Gasteiger partial charge on any atom is -0.487 e. The fourth-order valence-electron chi connectivity index (χ4n) is 3.66.